The van der Waals surface area contributed by atoms with Gasteiger partial charge in [0.2, 0.25) is 0 Å². The first-order valence-corrected chi connectivity index (χ1v) is 4.45. The Hall–Kier alpha value is -0.960. The molecule has 3 nitrogen and oxygen atoms in total. The van der Waals surface area contributed by atoms with Gasteiger partial charge in [0.05, 0.1) is 0 Å². The lowest BCUT2D eigenvalue weighted by Crippen LogP contribution is -1.98. The van der Waals surface area contributed by atoms with Crippen LogP contribution in [0, 0.1) is 13.8 Å². The first-order chi connectivity index (χ1) is 6.02. The van der Waals surface area contributed by atoms with Crippen molar-refractivity contribution in [2.75, 3.05) is 0 Å². The van der Waals surface area contributed by atoms with Crippen LogP contribution in [0.3, 0.4) is 0 Å². The first-order valence-electron chi connectivity index (χ1n) is 4.07. The maximum absolute atomic E-state index is 10.4. The summed E-state index contributed by atoms with van der Waals surface area (Å²) in [6.45, 7) is 3.79. The number of rotatable bonds is 3. The maximum atomic E-state index is 10.4. The van der Waals surface area contributed by atoms with E-state index in [0.29, 0.717) is 11.6 Å². The molecule has 0 aliphatic rings. The monoisotopic (exact) mass is 201 g/mol. The molecule has 0 amide bonds. The zero-order valence-corrected chi connectivity index (χ0v) is 8.40. The minimum Gasteiger partial charge on any atom is -0.481 e. The van der Waals surface area contributed by atoms with Crippen molar-refractivity contribution in [2.24, 2.45) is 0 Å². The van der Waals surface area contributed by atoms with Crippen molar-refractivity contribution in [3.05, 3.63) is 22.0 Å². The molecule has 1 heterocycles. The Bertz CT molecular complexity index is 331. The molecule has 4 heteroatoms. The Kier molecular flexibility index (Phi) is 2.98. The predicted molar refractivity (Wildman–Crippen MR) is 51.2 cm³/mol. The number of hydrogen-bond acceptors (Lipinski definition) is 1. The molecule has 0 aliphatic heterocycles. The van der Waals surface area contributed by atoms with Gasteiger partial charge in [-0.15, -0.1) is 0 Å². The van der Waals surface area contributed by atoms with Crippen molar-refractivity contribution in [3.8, 4) is 0 Å². The van der Waals surface area contributed by atoms with Crippen LogP contribution in [0.15, 0.2) is 0 Å². The molecule has 13 heavy (non-hydrogen) atoms. The lowest BCUT2D eigenvalue weighted by atomic mass is 10.1. The van der Waals surface area contributed by atoms with Gasteiger partial charge in [0.25, 0.3) is 0 Å². The Morgan fingerprint density at radius 1 is 1.54 bits per heavy atom. The topological polar surface area (TPSA) is 53.1 Å². The lowest BCUT2D eigenvalue weighted by molar-refractivity contribution is -0.136. The molecule has 0 bridgehead atoms. The summed E-state index contributed by atoms with van der Waals surface area (Å²) in [6.07, 6.45) is 0.687. The highest BCUT2D eigenvalue weighted by Gasteiger charge is 2.10. The number of hydrogen-bond donors (Lipinski definition) is 2. The molecule has 0 radical (unpaired) electrons. The molecule has 0 aliphatic carbocycles. The summed E-state index contributed by atoms with van der Waals surface area (Å²) in [4.78, 5) is 13.3. The minimum absolute atomic E-state index is 0.149. The van der Waals surface area contributed by atoms with E-state index in [4.69, 9.17) is 16.7 Å². The molecule has 1 aromatic rings. The number of aliphatic carboxylic acids is 1. The molecule has 0 atom stereocenters. The van der Waals surface area contributed by atoms with Crippen molar-refractivity contribution in [1.29, 1.82) is 0 Å². The Morgan fingerprint density at radius 3 is 2.54 bits per heavy atom. The normalized spacial score (nSPS) is 10.4. The summed E-state index contributed by atoms with van der Waals surface area (Å²) in [5, 5.41) is 9.13. The molecule has 1 aromatic heterocycles. The summed E-state index contributed by atoms with van der Waals surface area (Å²) in [6, 6.07) is 0. The molecule has 0 aromatic carbocycles. The number of carbonyl (C=O) groups is 1. The smallest absolute Gasteiger partial charge is 0.303 e. The maximum Gasteiger partial charge on any atom is 0.303 e. The molecule has 0 unspecified atom stereocenters. The van der Waals surface area contributed by atoms with Crippen molar-refractivity contribution < 1.29 is 9.90 Å². The molecular weight excluding hydrogens is 190 g/mol. The van der Waals surface area contributed by atoms with Gasteiger partial charge in [0.1, 0.15) is 5.15 Å². The number of aryl methyl sites for hydroxylation is 1. The predicted octanol–water partition coefficient (Wildman–Crippen LogP) is 2.30. The fourth-order valence-corrected chi connectivity index (χ4v) is 1.61. The summed E-state index contributed by atoms with van der Waals surface area (Å²) in [5.41, 5.74) is 2.94. The molecule has 2 N–H and O–H groups in total. The summed E-state index contributed by atoms with van der Waals surface area (Å²) < 4.78 is 0. The van der Waals surface area contributed by atoms with E-state index in [2.05, 4.69) is 4.98 Å². The van der Waals surface area contributed by atoms with Crippen LogP contribution in [-0.4, -0.2) is 16.1 Å². The molecule has 72 valence electrons. The van der Waals surface area contributed by atoms with Gasteiger partial charge in [-0.25, -0.2) is 0 Å². The molecule has 0 fully saturated rings. The van der Waals surface area contributed by atoms with Crippen molar-refractivity contribution >= 4 is 17.6 Å². The molecular formula is C9H12ClNO2. The fraction of sp³-hybridized carbons (Fsp3) is 0.444. The molecule has 1 rings (SSSR count). The Labute approximate surface area is 81.7 Å². The van der Waals surface area contributed by atoms with E-state index in [1.165, 1.54) is 0 Å². The summed E-state index contributed by atoms with van der Waals surface area (Å²) >= 11 is 5.85. The second kappa shape index (κ2) is 3.83. The van der Waals surface area contributed by atoms with Gasteiger partial charge in [-0.3, -0.25) is 4.79 Å². The fourth-order valence-electron chi connectivity index (χ4n) is 1.35. The van der Waals surface area contributed by atoms with Crippen LogP contribution in [0.5, 0.6) is 0 Å². The molecule has 0 spiro atoms. The number of aromatic amines is 1. The van der Waals surface area contributed by atoms with E-state index in [0.717, 1.165) is 16.8 Å². The quantitative estimate of drug-likeness (QED) is 0.789. The van der Waals surface area contributed by atoms with Crippen molar-refractivity contribution in [3.63, 3.8) is 0 Å². The van der Waals surface area contributed by atoms with Crippen LogP contribution >= 0.6 is 11.6 Å². The van der Waals surface area contributed by atoms with Gasteiger partial charge in [-0.1, -0.05) is 11.6 Å². The minimum atomic E-state index is -0.781. The third kappa shape index (κ3) is 2.25. The van der Waals surface area contributed by atoms with Gasteiger partial charge in [0, 0.05) is 12.1 Å². The zero-order valence-electron chi connectivity index (χ0n) is 7.65. The average molecular weight is 202 g/mol. The van der Waals surface area contributed by atoms with Crippen molar-refractivity contribution in [1.82, 2.24) is 4.98 Å². The van der Waals surface area contributed by atoms with E-state index in [1.54, 1.807) is 0 Å². The van der Waals surface area contributed by atoms with E-state index in [1.807, 2.05) is 13.8 Å². The molecule has 0 saturated heterocycles. The highest BCUT2D eigenvalue weighted by Crippen LogP contribution is 2.22. The second-order valence-corrected chi connectivity index (χ2v) is 3.44. The number of halogens is 1. The largest absolute Gasteiger partial charge is 0.481 e. The summed E-state index contributed by atoms with van der Waals surface area (Å²) in [5.74, 6) is -0.781. The first kappa shape index (κ1) is 10.1. The Balaban J connectivity index is 2.81. The van der Waals surface area contributed by atoms with Crippen LogP contribution in [0.4, 0.5) is 0 Å². The number of nitrogens with one attached hydrogen (secondary N) is 1. The van der Waals surface area contributed by atoms with E-state index in [-0.39, 0.29) is 6.42 Å². The lowest BCUT2D eigenvalue weighted by Gasteiger charge is -1.98. The average Bonchev–Trinajstić information content (AvgIpc) is 2.24. The highest BCUT2D eigenvalue weighted by atomic mass is 35.5. The summed E-state index contributed by atoms with van der Waals surface area (Å²) in [7, 11) is 0. The number of carboxylic acid groups (broad SMARTS) is 1. The van der Waals surface area contributed by atoms with Crippen LogP contribution in [0.2, 0.25) is 5.15 Å². The van der Waals surface area contributed by atoms with Crippen molar-refractivity contribution in [2.45, 2.75) is 26.7 Å². The number of carboxylic acids is 1. The SMILES string of the molecule is Cc1[nH]c(Cl)c(C)c1CCC(=O)O. The third-order valence-electron chi connectivity index (χ3n) is 2.12. The van der Waals surface area contributed by atoms with Crippen LogP contribution in [0.25, 0.3) is 0 Å². The zero-order chi connectivity index (χ0) is 10.0. The molecule has 0 saturated carbocycles. The Morgan fingerprint density at radius 2 is 2.15 bits per heavy atom. The van der Waals surface area contributed by atoms with Crippen LogP contribution < -0.4 is 0 Å². The standard InChI is InChI=1S/C9H12ClNO2/c1-5-7(3-4-8(12)13)6(2)11-9(5)10/h11H,3-4H2,1-2H3,(H,12,13). The van der Waals surface area contributed by atoms with Crippen LogP contribution in [0.1, 0.15) is 23.2 Å². The van der Waals surface area contributed by atoms with Crippen LogP contribution in [-0.2, 0) is 11.2 Å². The van der Waals surface area contributed by atoms with Gasteiger partial charge < -0.3 is 10.1 Å². The van der Waals surface area contributed by atoms with Gasteiger partial charge >= 0.3 is 5.97 Å². The van der Waals surface area contributed by atoms with E-state index < -0.39 is 5.97 Å². The van der Waals surface area contributed by atoms with Gasteiger partial charge in [-0.05, 0) is 31.4 Å². The van der Waals surface area contributed by atoms with E-state index in [9.17, 15) is 4.79 Å². The van der Waals surface area contributed by atoms with Gasteiger partial charge in [0.15, 0.2) is 0 Å². The second-order valence-electron chi connectivity index (χ2n) is 3.06. The highest BCUT2D eigenvalue weighted by molar-refractivity contribution is 6.30. The number of H-pyrrole nitrogens is 1. The van der Waals surface area contributed by atoms with Gasteiger partial charge in [-0.2, -0.15) is 0 Å². The van der Waals surface area contributed by atoms with E-state index >= 15 is 0 Å². The number of aromatic nitrogens is 1. The third-order valence-corrected chi connectivity index (χ3v) is 2.50.